The molecular weight excluding hydrogens is 192 g/mol. The van der Waals surface area contributed by atoms with Crippen LogP contribution in [-0.2, 0) is 4.79 Å². The lowest BCUT2D eigenvalue weighted by atomic mass is 10.2. The molecule has 0 saturated heterocycles. The Morgan fingerprint density at radius 2 is 1.93 bits per heavy atom. The predicted molar refractivity (Wildman–Crippen MR) is 58.9 cm³/mol. The van der Waals surface area contributed by atoms with Gasteiger partial charge in [-0.3, -0.25) is 4.79 Å². The zero-order chi connectivity index (χ0) is 11.3. The Balaban J connectivity index is 2.52. The van der Waals surface area contributed by atoms with Gasteiger partial charge in [0.1, 0.15) is 5.78 Å². The van der Waals surface area contributed by atoms with Crippen molar-refractivity contribution in [3.05, 3.63) is 29.8 Å². The van der Waals surface area contributed by atoms with Gasteiger partial charge in [0.15, 0.2) is 0 Å². The number of urea groups is 1. The van der Waals surface area contributed by atoms with E-state index in [4.69, 9.17) is 0 Å². The molecule has 1 aromatic rings. The molecule has 0 aliphatic carbocycles. The molecule has 0 bridgehead atoms. The molecule has 1 rings (SSSR count). The summed E-state index contributed by atoms with van der Waals surface area (Å²) in [7, 11) is 0. The number of hydrogen-bond donors (Lipinski definition) is 2. The molecule has 0 atom stereocenters. The number of carbonyl (C=O) groups is 2. The number of aryl methyl sites for hydroxylation is 1. The lowest BCUT2D eigenvalue weighted by Crippen LogP contribution is -2.32. The van der Waals surface area contributed by atoms with Crippen molar-refractivity contribution in [2.24, 2.45) is 0 Å². The van der Waals surface area contributed by atoms with Crippen LogP contribution in [-0.4, -0.2) is 18.4 Å². The van der Waals surface area contributed by atoms with Gasteiger partial charge in [-0.15, -0.1) is 0 Å². The highest BCUT2D eigenvalue weighted by atomic mass is 16.2. The van der Waals surface area contributed by atoms with E-state index in [0.717, 1.165) is 11.3 Å². The largest absolute Gasteiger partial charge is 0.331 e. The molecule has 0 unspecified atom stereocenters. The number of amides is 2. The molecule has 4 heteroatoms. The van der Waals surface area contributed by atoms with Gasteiger partial charge >= 0.3 is 6.03 Å². The first kappa shape index (κ1) is 11.2. The first-order valence-corrected chi connectivity index (χ1v) is 4.69. The minimum atomic E-state index is -0.362. The van der Waals surface area contributed by atoms with Crippen LogP contribution in [0.25, 0.3) is 0 Å². The summed E-state index contributed by atoms with van der Waals surface area (Å²) in [6.07, 6.45) is 0. The van der Waals surface area contributed by atoms with E-state index in [1.54, 1.807) is 0 Å². The maximum atomic E-state index is 11.3. The second-order valence-corrected chi connectivity index (χ2v) is 3.32. The fourth-order valence-electron chi connectivity index (χ4n) is 1.08. The van der Waals surface area contributed by atoms with Gasteiger partial charge in [0.2, 0.25) is 0 Å². The summed E-state index contributed by atoms with van der Waals surface area (Å²) in [5.41, 5.74) is 1.73. The van der Waals surface area contributed by atoms with Crippen molar-refractivity contribution in [1.82, 2.24) is 5.32 Å². The lowest BCUT2D eigenvalue weighted by molar-refractivity contribution is -0.116. The Morgan fingerprint density at radius 1 is 1.27 bits per heavy atom. The average molecular weight is 206 g/mol. The lowest BCUT2D eigenvalue weighted by Gasteiger charge is -2.08. The Kier molecular flexibility index (Phi) is 3.85. The second kappa shape index (κ2) is 5.14. The standard InChI is InChI=1S/C11H14N2O2/c1-8-5-3-4-6-10(8)13-11(15)12-7-9(2)14/h3-6H,7H2,1-2H3,(H2,12,13,15). The van der Waals surface area contributed by atoms with Crippen LogP contribution in [0.4, 0.5) is 10.5 Å². The van der Waals surface area contributed by atoms with E-state index in [0.29, 0.717) is 0 Å². The van der Waals surface area contributed by atoms with Crippen LogP contribution in [0.5, 0.6) is 0 Å². The maximum Gasteiger partial charge on any atom is 0.319 e. The third-order valence-electron chi connectivity index (χ3n) is 1.89. The summed E-state index contributed by atoms with van der Waals surface area (Å²) in [6.45, 7) is 3.38. The Hall–Kier alpha value is -1.84. The van der Waals surface area contributed by atoms with E-state index in [2.05, 4.69) is 10.6 Å². The molecule has 0 aliphatic heterocycles. The Morgan fingerprint density at radius 3 is 2.53 bits per heavy atom. The van der Waals surface area contributed by atoms with E-state index in [-0.39, 0.29) is 18.4 Å². The Bertz CT molecular complexity index is 375. The monoisotopic (exact) mass is 206 g/mol. The van der Waals surface area contributed by atoms with Gasteiger partial charge < -0.3 is 10.6 Å². The molecule has 0 radical (unpaired) electrons. The fourth-order valence-corrected chi connectivity index (χ4v) is 1.08. The van der Waals surface area contributed by atoms with Gasteiger partial charge in [-0.2, -0.15) is 0 Å². The number of para-hydroxylation sites is 1. The normalized spacial score (nSPS) is 9.47. The van der Waals surface area contributed by atoms with Gasteiger partial charge in [0, 0.05) is 5.69 Å². The van der Waals surface area contributed by atoms with Crippen LogP contribution < -0.4 is 10.6 Å². The van der Waals surface area contributed by atoms with E-state index >= 15 is 0 Å². The number of benzene rings is 1. The summed E-state index contributed by atoms with van der Waals surface area (Å²) in [5.74, 6) is -0.0741. The van der Waals surface area contributed by atoms with Crippen molar-refractivity contribution in [1.29, 1.82) is 0 Å². The molecule has 0 saturated carbocycles. The van der Waals surface area contributed by atoms with E-state index in [1.165, 1.54) is 6.92 Å². The molecule has 2 N–H and O–H groups in total. The van der Waals surface area contributed by atoms with Crippen LogP contribution >= 0.6 is 0 Å². The van der Waals surface area contributed by atoms with Crippen molar-refractivity contribution >= 4 is 17.5 Å². The smallest absolute Gasteiger partial charge is 0.319 e. The minimum Gasteiger partial charge on any atom is -0.331 e. The highest BCUT2D eigenvalue weighted by molar-refractivity contribution is 5.92. The van der Waals surface area contributed by atoms with Gasteiger partial charge in [-0.1, -0.05) is 18.2 Å². The molecule has 0 heterocycles. The SMILES string of the molecule is CC(=O)CNC(=O)Nc1ccccc1C. The first-order chi connectivity index (χ1) is 7.09. The number of anilines is 1. The fraction of sp³-hybridized carbons (Fsp3) is 0.273. The summed E-state index contributed by atoms with van der Waals surface area (Å²) >= 11 is 0. The highest BCUT2D eigenvalue weighted by Gasteiger charge is 2.03. The summed E-state index contributed by atoms with van der Waals surface area (Å²) in [4.78, 5) is 21.9. The predicted octanol–water partition coefficient (Wildman–Crippen LogP) is 1.71. The van der Waals surface area contributed by atoms with Crippen LogP contribution in [0.3, 0.4) is 0 Å². The summed E-state index contributed by atoms with van der Waals surface area (Å²) in [6, 6.07) is 7.09. The number of nitrogens with one attached hydrogen (secondary N) is 2. The number of Topliss-reactive ketones (excluding diaryl/α,β-unsaturated/α-hetero) is 1. The topological polar surface area (TPSA) is 58.2 Å². The van der Waals surface area contributed by atoms with Gasteiger partial charge in [0.05, 0.1) is 6.54 Å². The maximum absolute atomic E-state index is 11.3. The number of rotatable bonds is 3. The summed E-state index contributed by atoms with van der Waals surface area (Å²) in [5, 5.41) is 5.12. The highest BCUT2D eigenvalue weighted by Crippen LogP contribution is 2.12. The van der Waals surface area contributed by atoms with Crippen molar-refractivity contribution in [2.45, 2.75) is 13.8 Å². The van der Waals surface area contributed by atoms with Crippen molar-refractivity contribution in [3.8, 4) is 0 Å². The van der Waals surface area contributed by atoms with Crippen LogP contribution in [0, 0.1) is 6.92 Å². The zero-order valence-electron chi connectivity index (χ0n) is 8.83. The van der Waals surface area contributed by atoms with Crippen LogP contribution in [0.1, 0.15) is 12.5 Å². The molecule has 0 aromatic heterocycles. The Labute approximate surface area is 88.7 Å². The molecule has 2 amide bonds. The molecule has 1 aromatic carbocycles. The van der Waals surface area contributed by atoms with E-state index in [9.17, 15) is 9.59 Å². The third-order valence-corrected chi connectivity index (χ3v) is 1.89. The molecule has 4 nitrogen and oxygen atoms in total. The molecule has 0 aliphatic rings. The van der Waals surface area contributed by atoms with Crippen molar-refractivity contribution < 1.29 is 9.59 Å². The second-order valence-electron chi connectivity index (χ2n) is 3.32. The average Bonchev–Trinajstić information content (AvgIpc) is 2.18. The van der Waals surface area contributed by atoms with E-state index < -0.39 is 0 Å². The van der Waals surface area contributed by atoms with Gasteiger partial charge in [-0.25, -0.2) is 4.79 Å². The zero-order valence-corrected chi connectivity index (χ0v) is 8.83. The number of hydrogen-bond acceptors (Lipinski definition) is 2. The molecule has 0 spiro atoms. The van der Waals surface area contributed by atoms with Crippen molar-refractivity contribution in [2.75, 3.05) is 11.9 Å². The molecular formula is C11H14N2O2. The summed E-state index contributed by atoms with van der Waals surface area (Å²) < 4.78 is 0. The number of ketones is 1. The van der Waals surface area contributed by atoms with Crippen LogP contribution in [0.15, 0.2) is 24.3 Å². The molecule has 80 valence electrons. The minimum absolute atomic E-state index is 0.0533. The van der Waals surface area contributed by atoms with Crippen LogP contribution in [0.2, 0.25) is 0 Å². The quantitative estimate of drug-likeness (QED) is 0.790. The first-order valence-electron chi connectivity index (χ1n) is 4.69. The number of carbonyl (C=O) groups excluding carboxylic acids is 2. The molecule has 0 fully saturated rings. The third kappa shape index (κ3) is 3.81. The van der Waals surface area contributed by atoms with E-state index in [1.807, 2.05) is 31.2 Å². The molecule has 15 heavy (non-hydrogen) atoms. The van der Waals surface area contributed by atoms with Crippen molar-refractivity contribution in [3.63, 3.8) is 0 Å². The van der Waals surface area contributed by atoms with Gasteiger partial charge in [-0.05, 0) is 25.5 Å². The van der Waals surface area contributed by atoms with Gasteiger partial charge in [0.25, 0.3) is 0 Å².